The van der Waals surface area contributed by atoms with Crippen LogP contribution in [0.5, 0.6) is 0 Å². The number of hydrogen-bond donors (Lipinski definition) is 0. The second-order valence-corrected chi connectivity index (χ2v) is 7.73. The summed E-state index contributed by atoms with van der Waals surface area (Å²) in [5.41, 5.74) is 5.31. The first-order chi connectivity index (χ1) is 14.2. The molecular weight excluding hydrogens is 380 g/mol. The van der Waals surface area contributed by atoms with Gasteiger partial charge < -0.3 is 0 Å². The van der Waals surface area contributed by atoms with Crippen LogP contribution in [0.25, 0.3) is 22.4 Å². The molecule has 0 unspecified atom stereocenters. The van der Waals surface area contributed by atoms with Crippen LogP contribution in [0.1, 0.15) is 11.4 Å². The number of benzene rings is 2. The zero-order chi connectivity index (χ0) is 19.8. The molecule has 3 aromatic heterocycles. The first-order valence-electron chi connectivity index (χ1n) is 9.35. The monoisotopic (exact) mass is 398 g/mol. The third-order valence-electron chi connectivity index (χ3n) is 4.83. The molecule has 6 heteroatoms. The van der Waals surface area contributed by atoms with Crippen molar-refractivity contribution in [3.63, 3.8) is 0 Å². The van der Waals surface area contributed by atoms with Crippen LogP contribution in [0.4, 0.5) is 0 Å². The first kappa shape index (κ1) is 17.7. The van der Waals surface area contributed by atoms with Gasteiger partial charge >= 0.3 is 0 Å². The Morgan fingerprint density at radius 2 is 1.69 bits per heavy atom. The van der Waals surface area contributed by atoms with Crippen molar-refractivity contribution >= 4 is 28.4 Å². The van der Waals surface area contributed by atoms with E-state index in [9.17, 15) is 4.79 Å². The maximum Gasteiger partial charge on any atom is 0.258 e. The van der Waals surface area contributed by atoms with Crippen molar-refractivity contribution < 1.29 is 0 Å². The lowest BCUT2D eigenvalue weighted by atomic mass is 10.3. The number of rotatable bonds is 4. The SMILES string of the molecule is Cc1cccc2nc(CSc3nc4ccccc4n3-c3ccccc3)cc(=O)n12. The molecule has 142 valence electrons. The molecule has 0 aliphatic heterocycles. The fraction of sp³-hybridized carbons (Fsp3) is 0.0870. The van der Waals surface area contributed by atoms with Crippen LogP contribution in [-0.2, 0) is 5.75 Å². The fourth-order valence-electron chi connectivity index (χ4n) is 3.50. The maximum absolute atomic E-state index is 12.6. The van der Waals surface area contributed by atoms with E-state index in [-0.39, 0.29) is 5.56 Å². The molecule has 0 aliphatic rings. The van der Waals surface area contributed by atoms with Gasteiger partial charge in [-0.3, -0.25) is 13.8 Å². The molecule has 0 bridgehead atoms. The third-order valence-corrected chi connectivity index (χ3v) is 5.80. The molecule has 0 atom stereocenters. The largest absolute Gasteiger partial charge is 0.287 e. The summed E-state index contributed by atoms with van der Waals surface area (Å²) in [6.45, 7) is 1.91. The average molecular weight is 398 g/mol. The predicted molar refractivity (Wildman–Crippen MR) is 117 cm³/mol. The number of nitrogens with zero attached hydrogens (tertiary/aromatic N) is 4. The highest BCUT2D eigenvalue weighted by atomic mass is 32.2. The number of hydrogen-bond acceptors (Lipinski definition) is 4. The van der Waals surface area contributed by atoms with Crippen LogP contribution < -0.4 is 5.56 Å². The molecule has 0 saturated carbocycles. The molecule has 29 heavy (non-hydrogen) atoms. The van der Waals surface area contributed by atoms with Crippen LogP contribution in [0.3, 0.4) is 0 Å². The summed E-state index contributed by atoms with van der Waals surface area (Å²) < 4.78 is 3.78. The van der Waals surface area contributed by atoms with E-state index in [0.717, 1.165) is 33.3 Å². The lowest BCUT2D eigenvalue weighted by Crippen LogP contribution is -2.17. The minimum atomic E-state index is -0.0553. The summed E-state index contributed by atoms with van der Waals surface area (Å²) >= 11 is 1.58. The Morgan fingerprint density at radius 1 is 0.897 bits per heavy atom. The van der Waals surface area contributed by atoms with Crippen LogP contribution in [0.2, 0.25) is 0 Å². The number of pyridine rings is 1. The van der Waals surface area contributed by atoms with E-state index in [1.165, 1.54) is 0 Å². The summed E-state index contributed by atoms with van der Waals surface area (Å²) in [6, 6.07) is 25.6. The van der Waals surface area contributed by atoms with Crippen molar-refractivity contribution in [3.8, 4) is 5.69 Å². The van der Waals surface area contributed by atoms with Gasteiger partial charge in [0.25, 0.3) is 5.56 Å². The molecule has 0 aliphatic carbocycles. The Morgan fingerprint density at radius 3 is 2.55 bits per heavy atom. The molecule has 0 N–H and O–H groups in total. The summed E-state index contributed by atoms with van der Waals surface area (Å²) in [6.07, 6.45) is 0. The molecule has 5 rings (SSSR count). The fourth-order valence-corrected chi connectivity index (χ4v) is 4.42. The van der Waals surface area contributed by atoms with Crippen LogP contribution in [0.15, 0.2) is 88.8 Å². The summed E-state index contributed by atoms with van der Waals surface area (Å²) in [4.78, 5) is 22.0. The lowest BCUT2D eigenvalue weighted by Gasteiger charge is -2.09. The van der Waals surface area contributed by atoms with Crippen LogP contribution in [-0.4, -0.2) is 18.9 Å². The third kappa shape index (κ3) is 3.21. The summed E-state index contributed by atoms with van der Waals surface area (Å²) in [5, 5.41) is 0.878. The topological polar surface area (TPSA) is 52.2 Å². The van der Waals surface area contributed by atoms with E-state index < -0.39 is 0 Å². The van der Waals surface area contributed by atoms with Crippen LogP contribution >= 0.6 is 11.8 Å². The Balaban J connectivity index is 1.55. The van der Waals surface area contributed by atoms with Crippen molar-refractivity contribution in [2.24, 2.45) is 0 Å². The zero-order valence-corrected chi connectivity index (χ0v) is 16.6. The highest BCUT2D eigenvalue weighted by Crippen LogP contribution is 2.29. The molecule has 3 heterocycles. The summed E-state index contributed by atoms with van der Waals surface area (Å²) in [5.74, 6) is 0.565. The Kier molecular flexibility index (Phi) is 4.41. The number of para-hydroxylation sites is 3. The maximum atomic E-state index is 12.6. The molecule has 0 amide bonds. The Labute approximate surface area is 171 Å². The van der Waals surface area contributed by atoms with Gasteiger partial charge in [-0.25, -0.2) is 9.97 Å². The van der Waals surface area contributed by atoms with E-state index in [1.807, 2.05) is 61.5 Å². The van der Waals surface area contributed by atoms with Gasteiger partial charge in [0.1, 0.15) is 5.65 Å². The number of thioether (sulfide) groups is 1. The first-order valence-corrected chi connectivity index (χ1v) is 10.3. The van der Waals surface area contributed by atoms with E-state index >= 15 is 0 Å². The highest BCUT2D eigenvalue weighted by Gasteiger charge is 2.13. The van der Waals surface area contributed by atoms with Gasteiger partial charge in [0, 0.05) is 23.2 Å². The summed E-state index contributed by atoms with van der Waals surface area (Å²) in [7, 11) is 0. The van der Waals surface area contributed by atoms with E-state index in [1.54, 1.807) is 22.2 Å². The van der Waals surface area contributed by atoms with Gasteiger partial charge in [0.15, 0.2) is 5.16 Å². The van der Waals surface area contributed by atoms with Gasteiger partial charge in [-0.2, -0.15) is 0 Å². The number of fused-ring (bicyclic) bond motifs is 2. The van der Waals surface area contributed by atoms with Crippen LogP contribution in [0, 0.1) is 6.92 Å². The molecule has 0 radical (unpaired) electrons. The average Bonchev–Trinajstić information content (AvgIpc) is 3.11. The normalized spacial score (nSPS) is 11.3. The Hall–Kier alpha value is -3.38. The van der Waals surface area contributed by atoms with Crippen molar-refractivity contribution in [2.75, 3.05) is 0 Å². The number of aromatic nitrogens is 4. The molecule has 2 aromatic carbocycles. The lowest BCUT2D eigenvalue weighted by molar-refractivity contribution is 0.916. The molecular formula is C23H18N4OS. The molecule has 0 spiro atoms. The number of imidazole rings is 1. The molecule has 5 nitrogen and oxygen atoms in total. The van der Waals surface area contributed by atoms with Gasteiger partial charge in [-0.05, 0) is 43.3 Å². The Bertz CT molecular complexity index is 1390. The van der Waals surface area contributed by atoms with Gasteiger partial charge in [-0.1, -0.05) is 48.2 Å². The van der Waals surface area contributed by atoms with E-state index in [0.29, 0.717) is 11.4 Å². The molecule has 0 saturated heterocycles. The second kappa shape index (κ2) is 7.22. The second-order valence-electron chi connectivity index (χ2n) is 6.79. The standard InChI is InChI=1S/C23H18N4OS/c1-16-8-7-13-21-24-17(14-22(28)26(16)21)15-29-23-25-19-11-5-6-12-20(19)27(23)18-9-3-2-4-10-18/h2-14H,15H2,1H3. The van der Waals surface area contributed by atoms with Gasteiger partial charge in [0.05, 0.1) is 16.7 Å². The van der Waals surface area contributed by atoms with E-state index in [2.05, 4.69) is 27.8 Å². The van der Waals surface area contributed by atoms with Gasteiger partial charge in [-0.15, -0.1) is 0 Å². The zero-order valence-electron chi connectivity index (χ0n) is 15.8. The molecule has 5 aromatic rings. The van der Waals surface area contributed by atoms with Crippen molar-refractivity contribution in [2.45, 2.75) is 17.8 Å². The molecule has 0 fully saturated rings. The predicted octanol–water partition coefficient (Wildman–Crippen LogP) is 4.63. The highest BCUT2D eigenvalue weighted by molar-refractivity contribution is 7.98. The smallest absolute Gasteiger partial charge is 0.258 e. The van der Waals surface area contributed by atoms with Crippen molar-refractivity contribution in [1.82, 2.24) is 18.9 Å². The minimum absolute atomic E-state index is 0.0553. The minimum Gasteiger partial charge on any atom is -0.287 e. The van der Waals surface area contributed by atoms with Gasteiger partial charge in [0.2, 0.25) is 0 Å². The number of aryl methyl sites for hydroxylation is 1. The van der Waals surface area contributed by atoms with Crippen molar-refractivity contribution in [3.05, 3.63) is 101 Å². The van der Waals surface area contributed by atoms with Crippen molar-refractivity contribution in [1.29, 1.82) is 0 Å². The van der Waals surface area contributed by atoms with E-state index in [4.69, 9.17) is 4.98 Å². The quantitative estimate of drug-likeness (QED) is 0.414.